The van der Waals surface area contributed by atoms with E-state index >= 15 is 0 Å². The van der Waals surface area contributed by atoms with Crippen LogP contribution in [0.4, 0.5) is 0 Å². The highest BCUT2D eigenvalue weighted by Crippen LogP contribution is 2.36. The number of fused-ring (bicyclic) bond motifs is 1. The second-order valence-corrected chi connectivity index (χ2v) is 8.22. The van der Waals surface area contributed by atoms with E-state index in [0.29, 0.717) is 5.02 Å². The predicted octanol–water partition coefficient (Wildman–Crippen LogP) is 5.50. The van der Waals surface area contributed by atoms with E-state index in [4.69, 9.17) is 25.9 Å². The smallest absolute Gasteiger partial charge is 0.227 e. The maximum atomic E-state index is 6.54. The fraction of sp³-hybridized carbons (Fsp3) is 0.500. The molecule has 0 amide bonds. The number of aryl methyl sites for hydroxylation is 2. The fourth-order valence-corrected chi connectivity index (χ4v) is 4.14. The molecule has 0 unspecified atom stereocenters. The van der Waals surface area contributed by atoms with E-state index in [0.717, 1.165) is 59.6 Å². The highest BCUT2D eigenvalue weighted by atomic mass is 35.5. The standard InChI is InChI=1S/C22H28ClN3O2/c1-5-10-25(12-16-6-7-16)13-19-14(2)24-26-21(15(3)28-22(19)26)18-9-8-17(27-4)11-20(18)23/h8-9,11,16H,5-7,10,12-13H2,1-4H3. The molecular formula is C22H28ClN3O2. The molecule has 0 saturated heterocycles. The third kappa shape index (κ3) is 3.65. The van der Waals surface area contributed by atoms with E-state index in [1.807, 2.05) is 29.6 Å². The molecule has 1 aliphatic rings. The highest BCUT2D eigenvalue weighted by molar-refractivity contribution is 6.33. The van der Waals surface area contributed by atoms with Gasteiger partial charge in [0.25, 0.3) is 0 Å². The van der Waals surface area contributed by atoms with Crippen molar-refractivity contribution in [3.8, 4) is 17.0 Å². The zero-order valence-corrected chi connectivity index (χ0v) is 17.8. The molecule has 150 valence electrons. The van der Waals surface area contributed by atoms with Gasteiger partial charge >= 0.3 is 0 Å². The van der Waals surface area contributed by atoms with Gasteiger partial charge in [-0.3, -0.25) is 4.90 Å². The summed E-state index contributed by atoms with van der Waals surface area (Å²) in [4.78, 5) is 2.54. The van der Waals surface area contributed by atoms with Crippen molar-refractivity contribution in [3.63, 3.8) is 0 Å². The van der Waals surface area contributed by atoms with Gasteiger partial charge in [-0.15, -0.1) is 0 Å². The Kier molecular flexibility index (Phi) is 5.39. The Bertz CT molecular complexity index is 987. The van der Waals surface area contributed by atoms with Gasteiger partial charge in [-0.1, -0.05) is 18.5 Å². The van der Waals surface area contributed by atoms with Gasteiger partial charge in [0.15, 0.2) is 0 Å². The Morgan fingerprint density at radius 3 is 2.75 bits per heavy atom. The summed E-state index contributed by atoms with van der Waals surface area (Å²) in [5.74, 6) is 2.42. The molecule has 28 heavy (non-hydrogen) atoms. The number of oxazole rings is 1. The molecular weight excluding hydrogens is 374 g/mol. The van der Waals surface area contributed by atoms with Crippen molar-refractivity contribution in [1.29, 1.82) is 0 Å². The first-order chi connectivity index (χ1) is 13.5. The summed E-state index contributed by atoms with van der Waals surface area (Å²) in [5.41, 5.74) is 4.82. The summed E-state index contributed by atoms with van der Waals surface area (Å²) >= 11 is 6.54. The van der Waals surface area contributed by atoms with Gasteiger partial charge in [0.1, 0.15) is 17.2 Å². The summed E-state index contributed by atoms with van der Waals surface area (Å²) in [5, 5.41) is 5.43. The molecule has 0 aliphatic heterocycles. The monoisotopic (exact) mass is 401 g/mol. The Balaban J connectivity index is 1.73. The van der Waals surface area contributed by atoms with Crippen LogP contribution >= 0.6 is 11.6 Å². The van der Waals surface area contributed by atoms with Gasteiger partial charge in [-0.25, -0.2) is 0 Å². The van der Waals surface area contributed by atoms with E-state index in [1.165, 1.54) is 24.9 Å². The highest BCUT2D eigenvalue weighted by Gasteiger charge is 2.27. The van der Waals surface area contributed by atoms with Gasteiger partial charge in [-0.2, -0.15) is 9.61 Å². The second-order valence-electron chi connectivity index (χ2n) is 7.81. The summed E-state index contributed by atoms with van der Waals surface area (Å²) in [6.45, 7) is 9.42. The predicted molar refractivity (Wildman–Crippen MR) is 112 cm³/mol. The minimum Gasteiger partial charge on any atom is -0.497 e. The number of hydrogen-bond acceptors (Lipinski definition) is 4. The summed E-state index contributed by atoms with van der Waals surface area (Å²) in [6.07, 6.45) is 3.88. The van der Waals surface area contributed by atoms with E-state index in [-0.39, 0.29) is 0 Å². The maximum Gasteiger partial charge on any atom is 0.227 e. The second kappa shape index (κ2) is 7.80. The Labute approximate surface area is 171 Å². The lowest BCUT2D eigenvalue weighted by Gasteiger charge is -2.20. The lowest BCUT2D eigenvalue weighted by atomic mass is 10.1. The number of hydrogen-bond donors (Lipinski definition) is 0. The fourth-order valence-electron chi connectivity index (χ4n) is 3.88. The number of methoxy groups -OCH3 is 1. The lowest BCUT2D eigenvalue weighted by Crippen LogP contribution is -2.26. The van der Waals surface area contributed by atoms with Crippen LogP contribution in [0.2, 0.25) is 5.02 Å². The zero-order valence-electron chi connectivity index (χ0n) is 17.1. The molecule has 1 aromatic carbocycles. The molecule has 2 heterocycles. The molecule has 0 bridgehead atoms. The van der Waals surface area contributed by atoms with Crippen molar-refractivity contribution in [2.75, 3.05) is 20.2 Å². The van der Waals surface area contributed by atoms with Crippen LogP contribution in [0.5, 0.6) is 5.75 Å². The van der Waals surface area contributed by atoms with Gasteiger partial charge < -0.3 is 9.15 Å². The molecule has 0 radical (unpaired) electrons. The number of aromatic nitrogens is 2. The van der Waals surface area contributed by atoms with Crippen molar-refractivity contribution in [2.45, 2.75) is 46.6 Å². The molecule has 3 aromatic rings. The SMILES string of the molecule is CCCN(Cc1c(C)nn2c(-c3ccc(OC)cc3Cl)c(C)oc12)CC1CC1. The summed E-state index contributed by atoms with van der Waals surface area (Å²) < 4.78 is 13.4. The first-order valence-electron chi connectivity index (χ1n) is 10.1. The van der Waals surface area contributed by atoms with Crippen molar-refractivity contribution in [1.82, 2.24) is 14.5 Å². The molecule has 2 aromatic heterocycles. The Morgan fingerprint density at radius 1 is 1.32 bits per heavy atom. The third-order valence-electron chi connectivity index (χ3n) is 5.50. The largest absolute Gasteiger partial charge is 0.497 e. The van der Waals surface area contributed by atoms with Crippen molar-refractivity contribution in [3.05, 3.63) is 40.2 Å². The molecule has 1 aliphatic carbocycles. The van der Waals surface area contributed by atoms with Crippen LogP contribution in [-0.2, 0) is 6.54 Å². The molecule has 0 spiro atoms. The van der Waals surface area contributed by atoms with Gasteiger partial charge in [0, 0.05) is 18.7 Å². The Morgan fingerprint density at radius 2 is 2.11 bits per heavy atom. The van der Waals surface area contributed by atoms with Crippen LogP contribution < -0.4 is 4.74 Å². The summed E-state index contributed by atoms with van der Waals surface area (Å²) in [7, 11) is 1.64. The number of ether oxygens (including phenoxy) is 1. The molecule has 1 saturated carbocycles. The van der Waals surface area contributed by atoms with E-state index in [2.05, 4.69) is 18.7 Å². The van der Waals surface area contributed by atoms with Crippen LogP contribution in [0.1, 0.15) is 43.2 Å². The van der Waals surface area contributed by atoms with Crippen molar-refractivity contribution in [2.24, 2.45) is 5.92 Å². The van der Waals surface area contributed by atoms with Gasteiger partial charge in [0.2, 0.25) is 5.71 Å². The molecule has 1 fully saturated rings. The normalized spacial score (nSPS) is 14.4. The number of halogens is 1. The lowest BCUT2D eigenvalue weighted by molar-refractivity contribution is 0.254. The average molecular weight is 402 g/mol. The summed E-state index contributed by atoms with van der Waals surface area (Å²) in [6, 6.07) is 5.70. The van der Waals surface area contributed by atoms with Gasteiger partial charge in [0.05, 0.1) is 23.4 Å². The number of nitrogens with zero attached hydrogens (tertiary/aromatic N) is 3. The molecule has 0 N–H and O–H groups in total. The Hall–Kier alpha value is -1.98. The van der Waals surface area contributed by atoms with Crippen molar-refractivity contribution < 1.29 is 9.15 Å². The third-order valence-corrected chi connectivity index (χ3v) is 5.81. The van der Waals surface area contributed by atoms with E-state index in [9.17, 15) is 0 Å². The van der Waals surface area contributed by atoms with Crippen LogP contribution in [-0.4, -0.2) is 34.7 Å². The topological polar surface area (TPSA) is 42.9 Å². The van der Waals surface area contributed by atoms with Crippen LogP contribution in [0.25, 0.3) is 17.0 Å². The van der Waals surface area contributed by atoms with Gasteiger partial charge in [-0.05, 0) is 63.8 Å². The first kappa shape index (κ1) is 19.3. The number of rotatable bonds is 8. The quantitative estimate of drug-likeness (QED) is 0.500. The molecule has 4 rings (SSSR count). The van der Waals surface area contributed by atoms with E-state index < -0.39 is 0 Å². The van der Waals surface area contributed by atoms with E-state index in [1.54, 1.807) is 7.11 Å². The minimum absolute atomic E-state index is 0.626. The first-order valence-corrected chi connectivity index (χ1v) is 10.4. The van der Waals surface area contributed by atoms with Crippen LogP contribution in [0.3, 0.4) is 0 Å². The zero-order chi connectivity index (χ0) is 19.8. The van der Waals surface area contributed by atoms with Crippen LogP contribution in [0.15, 0.2) is 22.6 Å². The molecule has 0 atom stereocenters. The minimum atomic E-state index is 0.626. The maximum absolute atomic E-state index is 6.54. The van der Waals surface area contributed by atoms with Crippen molar-refractivity contribution >= 4 is 17.3 Å². The molecule has 5 nitrogen and oxygen atoms in total. The average Bonchev–Trinajstić information content (AvgIpc) is 3.36. The number of benzene rings is 1. The van der Waals surface area contributed by atoms with Crippen LogP contribution in [0, 0.1) is 19.8 Å². The molecule has 6 heteroatoms.